The van der Waals surface area contributed by atoms with E-state index in [1.165, 1.54) is 39.1 Å². The topological polar surface area (TPSA) is 12.0 Å². The van der Waals surface area contributed by atoms with E-state index < -0.39 is 0 Å². The predicted octanol–water partition coefficient (Wildman–Crippen LogP) is 5.99. The van der Waals surface area contributed by atoms with Gasteiger partial charge in [0.1, 0.15) is 0 Å². The van der Waals surface area contributed by atoms with Crippen LogP contribution in [0.25, 0.3) is 6.08 Å². The van der Waals surface area contributed by atoms with Crippen LogP contribution >= 0.6 is 0 Å². The fourth-order valence-electron chi connectivity index (χ4n) is 3.54. The molecule has 0 saturated heterocycles. The molecule has 0 spiro atoms. The van der Waals surface area contributed by atoms with E-state index in [4.69, 9.17) is 0 Å². The fourth-order valence-corrected chi connectivity index (χ4v) is 3.54. The predicted molar refractivity (Wildman–Crippen MR) is 101 cm³/mol. The van der Waals surface area contributed by atoms with Gasteiger partial charge in [-0.15, -0.1) is 0 Å². The first kappa shape index (κ1) is 15.9. The standard InChI is InChI=1S/C22H27N/c1-14(2)11-18-7-6-8-21-19(18)9-10-22(23-21)20-13-15(3)12-16(4)17(20)5/h6-10,12-14,22-23H,11H2,1-5H3. The molecule has 1 atom stereocenters. The number of nitrogens with one attached hydrogen (secondary N) is 1. The van der Waals surface area contributed by atoms with Crippen molar-refractivity contribution in [3.8, 4) is 0 Å². The summed E-state index contributed by atoms with van der Waals surface area (Å²) in [6.07, 6.45) is 5.75. The number of hydrogen-bond donors (Lipinski definition) is 1. The number of fused-ring (bicyclic) bond motifs is 1. The smallest absolute Gasteiger partial charge is 0.0704 e. The lowest BCUT2D eigenvalue weighted by Crippen LogP contribution is -2.15. The van der Waals surface area contributed by atoms with Crippen molar-refractivity contribution >= 4 is 11.8 Å². The van der Waals surface area contributed by atoms with E-state index in [2.05, 4.69) is 82.4 Å². The van der Waals surface area contributed by atoms with Crippen LogP contribution in [0.2, 0.25) is 0 Å². The summed E-state index contributed by atoms with van der Waals surface area (Å²) in [6, 6.07) is 11.5. The van der Waals surface area contributed by atoms with Crippen LogP contribution in [0, 0.1) is 26.7 Å². The molecule has 1 aliphatic heterocycles. The summed E-state index contributed by atoms with van der Waals surface area (Å²) in [5.74, 6) is 0.675. The maximum atomic E-state index is 3.74. The number of anilines is 1. The van der Waals surface area contributed by atoms with Gasteiger partial charge in [0, 0.05) is 11.3 Å². The van der Waals surface area contributed by atoms with E-state index >= 15 is 0 Å². The minimum Gasteiger partial charge on any atom is -0.374 e. The molecule has 0 radical (unpaired) electrons. The lowest BCUT2D eigenvalue weighted by atomic mass is 9.90. The summed E-state index contributed by atoms with van der Waals surface area (Å²) in [5, 5.41) is 3.74. The van der Waals surface area contributed by atoms with Crippen LogP contribution in [0.4, 0.5) is 5.69 Å². The van der Waals surface area contributed by atoms with Crippen LogP contribution in [0.3, 0.4) is 0 Å². The molecule has 1 heterocycles. The molecule has 2 aromatic rings. The Labute approximate surface area is 140 Å². The Hall–Kier alpha value is -2.02. The normalized spacial score (nSPS) is 16.3. The van der Waals surface area contributed by atoms with Crippen LogP contribution in [0.15, 0.2) is 36.4 Å². The summed E-state index contributed by atoms with van der Waals surface area (Å²) in [6.45, 7) is 11.2. The number of aryl methyl sites for hydroxylation is 2. The zero-order valence-electron chi connectivity index (χ0n) is 14.9. The first-order valence-corrected chi connectivity index (χ1v) is 8.60. The SMILES string of the molecule is Cc1cc(C)c(C)c(C2C=Cc3c(CC(C)C)cccc3N2)c1. The van der Waals surface area contributed by atoms with Crippen LogP contribution < -0.4 is 5.32 Å². The van der Waals surface area contributed by atoms with Gasteiger partial charge < -0.3 is 5.32 Å². The molecule has 3 rings (SSSR count). The molecule has 0 aliphatic carbocycles. The summed E-state index contributed by atoms with van der Waals surface area (Å²) in [5.41, 5.74) is 9.54. The van der Waals surface area contributed by atoms with Crippen molar-refractivity contribution in [3.63, 3.8) is 0 Å². The van der Waals surface area contributed by atoms with Gasteiger partial charge in [-0.1, -0.05) is 55.8 Å². The van der Waals surface area contributed by atoms with E-state index in [9.17, 15) is 0 Å². The largest absolute Gasteiger partial charge is 0.374 e. The van der Waals surface area contributed by atoms with Gasteiger partial charge >= 0.3 is 0 Å². The van der Waals surface area contributed by atoms with Gasteiger partial charge in [0.25, 0.3) is 0 Å². The third kappa shape index (κ3) is 3.19. The van der Waals surface area contributed by atoms with Crippen LogP contribution in [-0.2, 0) is 6.42 Å². The summed E-state index contributed by atoms with van der Waals surface area (Å²) < 4.78 is 0. The first-order chi connectivity index (χ1) is 11.0. The monoisotopic (exact) mass is 305 g/mol. The number of rotatable bonds is 3. The second-order valence-corrected chi connectivity index (χ2v) is 7.25. The Morgan fingerprint density at radius 1 is 1.09 bits per heavy atom. The minimum atomic E-state index is 0.260. The van der Waals surface area contributed by atoms with Crippen LogP contribution in [-0.4, -0.2) is 0 Å². The third-order valence-electron chi connectivity index (χ3n) is 4.78. The molecule has 23 heavy (non-hydrogen) atoms. The van der Waals surface area contributed by atoms with Crippen molar-refractivity contribution in [1.82, 2.24) is 0 Å². The average molecular weight is 305 g/mol. The molecule has 120 valence electrons. The van der Waals surface area contributed by atoms with Gasteiger partial charge in [-0.25, -0.2) is 0 Å². The van der Waals surface area contributed by atoms with E-state index in [1.807, 2.05) is 0 Å². The highest BCUT2D eigenvalue weighted by molar-refractivity contribution is 5.74. The van der Waals surface area contributed by atoms with Gasteiger partial charge in [-0.2, -0.15) is 0 Å². The molecule has 1 unspecified atom stereocenters. The molecular formula is C22H27N. The number of hydrogen-bond acceptors (Lipinski definition) is 1. The van der Waals surface area contributed by atoms with Crippen molar-refractivity contribution in [1.29, 1.82) is 0 Å². The van der Waals surface area contributed by atoms with Crippen LogP contribution in [0.5, 0.6) is 0 Å². The minimum absolute atomic E-state index is 0.260. The highest BCUT2D eigenvalue weighted by atomic mass is 14.9. The first-order valence-electron chi connectivity index (χ1n) is 8.60. The van der Waals surface area contributed by atoms with Gasteiger partial charge in [-0.05, 0) is 61.4 Å². The second-order valence-electron chi connectivity index (χ2n) is 7.25. The molecule has 0 amide bonds. The van der Waals surface area contributed by atoms with Gasteiger partial charge in [0.05, 0.1) is 6.04 Å². The van der Waals surface area contributed by atoms with Gasteiger partial charge in [0.2, 0.25) is 0 Å². The number of benzene rings is 2. The summed E-state index contributed by atoms with van der Waals surface area (Å²) in [4.78, 5) is 0. The Morgan fingerprint density at radius 3 is 2.61 bits per heavy atom. The van der Waals surface area contributed by atoms with E-state index in [1.54, 1.807) is 0 Å². The highest BCUT2D eigenvalue weighted by Crippen LogP contribution is 2.35. The third-order valence-corrected chi connectivity index (χ3v) is 4.78. The Kier molecular flexibility index (Phi) is 4.30. The molecule has 1 heteroatoms. The molecule has 0 fully saturated rings. The van der Waals surface area contributed by atoms with Crippen molar-refractivity contribution < 1.29 is 0 Å². The molecular weight excluding hydrogens is 278 g/mol. The van der Waals surface area contributed by atoms with Gasteiger partial charge in [0.15, 0.2) is 0 Å². The highest BCUT2D eigenvalue weighted by Gasteiger charge is 2.19. The lowest BCUT2D eigenvalue weighted by molar-refractivity contribution is 0.646. The lowest BCUT2D eigenvalue weighted by Gasteiger charge is -2.26. The Bertz CT molecular complexity index is 753. The Balaban J connectivity index is 1.97. The molecule has 0 aromatic heterocycles. The average Bonchev–Trinajstić information content (AvgIpc) is 2.50. The molecule has 0 bridgehead atoms. The van der Waals surface area contributed by atoms with Gasteiger partial charge in [-0.3, -0.25) is 0 Å². The van der Waals surface area contributed by atoms with E-state index in [0.717, 1.165) is 6.42 Å². The van der Waals surface area contributed by atoms with Crippen LogP contribution in [0.1, 0.15) is 53.3 Å². The zero-order valence-corrected chi connectivity index (χ0v) is 14.9. The molecule has 1 nitrogen and oxygen atoms in total. The Morgan fingerprint density at radius 2 is 1.87 bits per heavy atom. The van der Waals surface area contributed by atoms with Crippen molar-refractivity contribution in [3.05, 3.63) is 69.8 Å². The molecule has 1 aliphatic rings. The molecule has 2 aromatic carbocycles. The van der Waals surface area contributed by atoms with E-state index in [-0.39, 0.29) is 6.04 Å². The fraction of sp³-hybridized carbons (Fsp3) is 0.364. The summed E-state index contributed by atoms with van der Waals surface area (Å²) >= 11 is 0. The maximum absolute atomic E-state index is 3.74. The van der Waals surface area contributed by atoms with Crippen molar-refractivity contribution in [2.75, 3.05) is 5.32 Å². The van der Waals surface area contributed by atoms with Crippen molar-refractivity contribution in [2.45, 2.75) is 47.1 Å². The molecule has 1 N–H and O–H groups in total. The quantitative estimate of drug-likeness (QED) is 0.734. The van der Waals surface area contributed by atoms with E-state index in [0.29, 0.717) is 5.92 Å². The molecule has 0 saturated carbocycles. The second kappa shape index (κ2) is 6.23. The summed E-state index contributed by atoms with van der Waals surface area (Å²) in [7, 11) is 0. The zero-order chi connectivity index (χ0) is 16.6. The van der Waals surface area contributed by atoms with Crippen molar-refractivity contribution in [2.24, 2.45) is 5.92 Å². The maximum Gasteiger partial charge on any atom is 0.0704 e.